The summed E-state index contributed by atoms with van der Waals surface area (Å²) < 4.78 is 14.6. The molecule has 0 unspecified atom stereocenters. The van der Waals surface area contributed by atoms with Crippen molar-refractivity contribution in [2.75, 3.05) is 0 Å². The van der Waals surface area contributed by atoms with Crippen LogP contribution in [0.3, 0.4) is 0 Å². The Bertz CT molecular complexity index is 606. The van der Waals surface area contributed by atoms with Gasteiger partial charge in [-0.2, -0.15) is 0 Å². The summed E-state index contributed by atoms with van der Waals surface area (Å²) >= 11 is 6.03. The van der Waals surface area contributed by atoms with E-state index in [1.165, 1.54) is 0 Å². The van der Waals surface area contributed by atoms with Gasteiger partial charge in [0.1, 0.15) is 5.82 Å². The molecule has 1 heterocycles. The minimum Gasteiger partial charge on any atom is -0.388 e. The summed E-state index contributed by atoms with van der Waals surface area (Å²) in [7, 11) is 0. The zero-order chi connectivity index (χ0) is 14.6. The molecule has 0 saturated heterocycles. The van der Waals surface area contributed by atoms with Crippen LogP contribution in [-0.2, 0) is 6.54 Å². The van der Waals surface area contributed by atoms with Crippen molar-refractivity contribution in [2.45, 2.75) is 51.2 Å². The third kappa shape index (κ3) is 1.97. The van der Waals surface area contributed by atoms with Crippen LogP contribution >= 0.6 is 11.6 Å². The molecule has 0 radical (unpaired) electrons. The Hall–Kier alpha value is -0.930. The number of nitrogens with zero attached hydrogens (tertiary/aromatic N) is 1. The molecular weight excluding hydrogens is 289 g/mol. The van der Waals surface area contributed by atoms with Crippen LogP contribution in [0.1, 0.15) is 61.3 Å². The summed E-state index contributed by atoms with van der Waals surface area (Å²) in [6.07, 6.45) is 7.47. The van der Waals surface area contributed by atoms with Crippen LogP contribution in [0.2, 0.25) is 5.02 Å². The molecule has 0 spiro atoms. The third-order valence-corrected chi connectivity index (χ3v) is 6.16. The van der Waals surface area contributed by atoms with Gasteiger partial charge >= 0.3 is 0 Å². The lowest BCUT2D eigenvalue weighted by Crippen LogP contribution is -2.39. The van der Waals surface area contributed by atoms with Crippen LogP contribution in [0.25, 0.3) is 0 Å². The number of hydrogen-bond donors (Lipinski definition) is 1. The summed E-state index contributed by atoms with van der Waals surface area (Å²) in [6.45, 7) is 0.453. The topological polar surface area (TPSA) is 32.6 Å². The van der Waals surface area contributed by atoms with Gasteiger partial charge in [-0.25, -0.2) is 4.39 Å². The molecule has 0 amide bonds. The van der Waals surface area contributed by atoms with Crippen molar-refractivity contribution in [2.24, 2.45) is 16.3 Å². The maximum absolute atomic E-state index is 14.6. The van der Waals surface area contributed by atoms with Gasteiger partial charge in [-0.1, -0.05) is 11.6 Å². The number of aliphatic hydroxyl groups is 1. The van der Waals surface area contributed by atoms with E-state index in [9.17, 15) is 9.50 Å². The van der Waals surface area contributed by atoms with Crippen molar-refractivity contribution in [1.29, 1.82) is 0 Å². The SMILES string of the molecule is O[C@H](c1c(F)c(Cl)cc2c1CN=C2)C12CCC(CC1)CC2. The highest BCUT2D eigenvalue weighted by Crippen LogP contribution is 2.57. The molecule has 3 aliphatic carbocycles. The van der Waals surface area contributed by atoms with Crippen LogP contribution in [0.15, 0.2) is 11.1 Å². The van der Waals surface area contributed by atoms with Gasteiger partial charge in [0, 0.05) is 17.2 Å². The van der Waals surface area contributed by atoms with E-state index < -0.39 is 11.9 Å². The largest absolute Gasteiger partial charge is 0.388 e. The van der Waals surface area contributed by atoms with E-state index in [1.807, 2.05) is 0 Å². The van der Waals surface area contributed by atoms with E-state index in [0.29, 0.717) is 12.1 Å². The molecule has 3 saturated carbocycles. The van der Waals surface area contributed by atoms with Crippen molar-refractivity contribution in [3.05, 3.63) is 33.6 Å². The lowest BCUT2D eigenvalue weighted by molar-refractivity contribution is -0.0575. The lowest BCUT2D eigenvalue weighted by atomic mass is 9.57. The molecule has 0 aromatic heterocycles. The number of aliphatic hydroxyl groups excluding tert-OH is 1. The maximum Gasteiger partial charge on any atom is 0.147 e. The van der Waals surface area contributed by atoms with E-state index >= 15 is 0 Å². The number of rotatable bonds is 2. The molecule has 1 aromatic carbocycles. The fourth-order valence-corrected chi connectivity index (χ4v) is 4.73. The fraction of sp³-hybridized carbons (Fsp3) is 0.588. The summed E-state index contributed by atoms with van der Waals surface area (Å²) in [5.74, 6) is 0.368. The predicted molar refractivity (Wildman–Crippen MR) is 81.3 cm³/mol. The first-order valence-electron chi connectivity index (χ1n) is 7.79. The number of aliphatic imine (C=N–C) groups is 1. The second kappa shape index (κ2) is 4.79. The molecule has 21 heavy (non-hydrogen) atoms. The van der Waals surface area contributed by atoms with Crippen LogP contribution in [0.4, 0.5) is 4.39 Å². The minimum atomic E-state index is -0.757. The number of fused-ring (bicyclic) bond motifs is 4. The van der Waals surface area contributed by atoms with Gasteiger partial charge < -0.3 is 5.11 Å². The summed E-state index contributed by atoms with van der Waals surface area (Å²) in [4.78, 5) is 4.22. The first-order chi connectivity index (χ1) is 10.1. The van der Waals surface area contributed by atoms with Gasteiger partial charge in [0.25, 0.3) is 0 Å². The van der Waals surface area contributed by atoms with Crippen molar-refractivity contribution < 1.29 is 9.50 Å². The van der Waals surface area contributed by atoms with Crippen LogP contribution in [0, 0.1) is 17.2 Å². The third-order valence-electron chi connectivity index (χ3n) is 5.89. The van der Waals surface area contributed by atoms with Gasteiger partial charge in [0.05, 0.1) is 17.7 Å². The zero-order valence-corrected chi connectivity index (χ0v) is 12.7. The molecule has 1 aromatic rings. The summed E-state index contributed by atoms with van der Waals surface area (Å²) in [5.41, 5.74) is 1.94. The maximum atomic E-state index is 14.6. The first kappa shape index (κ1) is 13.7. The normalized spacial score (nSPS) is 31.5. The number of benzene rings is 1. The molecule has 112 valence electrons. The number of hydrogen-bond acceptors (Lipinski definition) is 2. The Kier molecular flexibility index (Phi) is 3.13. The van der Waals surface area contributed by atoms with E-state index in [4.69, 9.17) is 11.6 Å². The molecule has 4 aliphatic rings. The van der Waals surface area contributed by atoms with Crippen LogP contribution in [0.5, 0.6) is 0 Å². The summed E-state index contributed by atoms with van der Waals surface area (Å²) in [5, 5.41) is 11.1. The molecular formula is C17H19ClFNO. The average molecular weight is 308 g/mol. The fourth-order valence-electron chi connectivity index (χ4n) is 4.51. The Labute approximate surface area is 129 Å². The van der Waals surface area contributed by atoms with Crippen molar-refractivity contribution in [1.82, 2.24) is 0 Å². The second-order valence-electron chi connectivity index (χ2n) is 6.87. The van der Waals surface area contributed by atoms with Crippen LogP contribution in [-0.4, -0.2) is 11.3 Å². The first-order valence-corrected chi connectivity index (χ1v) is 8.17. The number of halogens is 2. The minimum absolute atomic E-state index is 0.0945. The molecule has 2 bridgehead atoms. The molecule has 4 heteroatoms. The van der Waals surface area contributed by atoms with Gasteiger partial charge in [0.2, 0.25) is 0 Å². The Balaban J connectivity index is 1.80. The Morgan fingerprint density at radius 1 is 1.29 bits per heavy atom. The quantitative estimate of drug-likeness (QED) is 0.862. The molecule has 2 nitrogen and oxygen atoms in total. The van der Waals surface area contributed by atoms with Crippen molar-refractivity contribution >= 4 is 17.8 Å². The lowest BCUT2D eigenvalue weighted by Gasteiger charge is -2.49. The Morgan fingerprint density at radius 3 is 2.62 bits per heavy atom. The summed E-state index contributed by atoms with van der Waals surface area (Å²) in [6, 6.07) is 1.62. The molecule has 1 aliphatic heterocycles. The van der Waals surface area contributed by atoms with Crippen molar-refractivity contribution in [3.8, 4) is 0 Å². The smallest absolute Gasteiger partial charge is 0.147 e. The molecule has 5 rings (SSSR count). The average Bonchev–Trinajstić information content (AvgIpc) is 2.97. The van der Waals surface area contributed by atoms with Gasteiger partial charge in [0.15, 0.2) is 0 Å². The molecule has 1 atom stereocenters. The van der Waals surface area contributed by atoms with E-state index in [-0.39, 0.29) is 10.4 Å². The van der Waals surface area contributed by atoms with Crippen molar-refractivity contribution in [3.63, 3.8) is 0 Å². The van der Waals surface area contributed by atoms with E-state index in [0.717, 1.165) is 55.6 Å². The highest BCUT2D eigenvalue weighted by molar-refractivity contribution is 6.31. The molecule has 1 N–H and O–H groups in total. The van der Waals surface area contributed by atoms with Gasteiger partial charge in [-0.3, -0.25) is 4.99 Å². The highest BCUT2D eigenvalue weighted by Gasteiger charge is 2.47. The monoisotopic (exact) mass is 307 g/mol. The standard InChI is InChI=1S/C17H19ClFNO/c18-13-7-11-8-20-9-12(11)14(15(13)19)16(21)17-4-1-10(2-5-17)3-6-17/h7-8,10,16,21H,1-6,9H2/t10?,16-,17?/m1/s1. The van der Waals surface area contributed by atoms with E-state index in [2.05, 4.69) is 4.99 Å². The van der Waals surface area contributed by atoms with Gasteiger partial charge in [-0.05, 0) is 61.6 Å². The zero-order valence-electron chi connectivity index (χ0n) is 11.9. The van der Waals surface area contributed by atoms with Crippen LogP contribution < -0.4 is 0 Å². The highest BCUT2D eigenvalue weighted by atomic mass is 35.5. The second-order valence-corrected chi connectivity index (χ2v) is 7.28. The van der Waals surface area contributed by atoms with Gasteiger partial charge in [-0.15, -0.1) is 0 Å². The van der Waals surface area contributed by atoms with E-state index in [1.54, 1.807) is 12.3 Å². The Morgan fingerprint density at radius 2 is 1.95 bits per heavy atom. The molecule has 3 fully saturated rings. The predicted octanol–water partition coefficient (Wildman–Crippen LogP) is 4.42.